The summed E-state index contributed by atoms with van der Waals surface area (Å²) in [5, 5.41) is 8.06. The van der Waals surface area contributed by atoms with Crippen LogP contribution in [0.25, 0.3) is 0 Å². The van der Waals surface area contributed by atoms with Crippen LogP contribution in [-0.2, 0) is 37.2 Å². The van der Waals surface area contributed by atoms with E-state index in [1.54, 1.807) is 32.0 Å². The quantitative estimate of drug-likeness (QED) is 0.519. The van der Waals surface area contributed by atoms with Gasteiger partial charge in [0.05, 0.1) is 21.6 Å². The Bertz CT molecular complexity index is 1100. The fourth-order valence-electron chi connectivity index (χ4n) is 3.44. The van der Waals surface area contributed by atoms with Gasteiger partial charge in [-0.25, -0.2) is 13.4 Å². The molecule has 2 heterocycles. The minimum Gasteiger partial charge on any atom is -0.349 e. The van der Waals surface area contributed by atoms with Gasteiger partial charge in [-0.05, 0) is 37.3 Å². The maximum absolute atomic E-state index is 13.1. The molecule has 0 spiro atoms. The van der Waals surface area contributed by atoms with E-state index in [2.05, 4.69) is 20.3 Å². The van der Waals surface area contributed by atoms with Gasteiger partial charge in [0.15, 0.2) is 0 Å². The molecule has 0 saturated heterocycles. The topological polar surface area (TPSA) is 134 Å². The zero-order valence-corrected chi connectivity index (χ0v) is 20.2. The highest BCUT2D eigenvalue weighted by Gasteiger charge is 2.33. The first-order valence-electron chi connectivity index (χ1n) is 10.8. The lowest BCUT2D eigenvalue weighted by Crippen LogP contribution is -2.55. The molecule has 0 fully saturated rings. The Kier molecular flexibility index (Phi) is 8.33. The van der Waals surface area contributed by atoms with Crippen molar-refractivity contribution in [1.82, 2.24) is 20.3 Å². The summed E-state index contributed by atoms with van der Waals surface area (Å²) in [6, 6.07) is 5.57. The number of amides is 2. The number of hydrogen-bond donors (Lipinski definition) is 3. The van der Waals surface area contributed by atoms with E-state index < -0.39 is 45.6 Å². The zero-order chi connectivity index (χ0) is 24.0. The van der Waals surface area contributed by atoms with Crippen molar-refractivity contribution < 1.29 is 22.8 Å². The Labute approximate surface area is 197 Å². The lowest BCUT2D eigenvalue weighted by atomic mass is 10.0. The maximum Gasteiger partial charge on any atom is 0.289 e. The molecule has 2 aromatic rings. The van der Waals surface area contributed by atoms with Gasteiger partial charge in [-0.2, -0.15) is 4.72 Å². The normalized spacial score (nSPS) is 18.7. The monoisotopic (exact) mass is 492 g/mol. The number of carbonyl (C=O) groups excluding carboxylic acids is 3. The molecule has 0 aliphatic carbocycles. The zero-order valence-electron chi connectivity index (χ0n) is 18.5. The van der Waals surface area contributed by atoms with Crippen molar-refractivity contribution in [3.63, 3.8) is 0 Å². The predicted octanol–water partition coefficient (Wildman–Crippen LogP) is 1.20. The van der Waals surface area contributed by atoms with Gasteiger partial charge >= 0.3 is 0 Å². The van der Waals surface area contributed by atoms with Crippen molar-refractivity contribution in [3.8, 4) is 0 Å². The summed E-state index contributed by atoms with van der Waals surface area (Å²) in [7, 11) is -3.95. The molecule has 2 atom stereocenters. The molecule has 3 N–H and O–H groups in total. The summed E-state index contributed by atoms with van der Waals surface area (Å²) in [5.41, 5.74) is 0.874. The van der Waals surface area contributed by atoms with E-state index >= 15 is 0 Å². The van der Waals surface area contributed by atoms with Crippen LogP contribution in [0.2, 0.25) is 0 Å². The third-order valence-corrected chi connectivity index (χ3v) is 7.71. The van der Waals surface area contributed by atoms with Crippen LogP contribution < -0.4 is 15.4 Å². The fraction of sp³-hybridized carbons (Fsp3) is 0.455. The van der Waals surface area contributed by atoms with Gasteiger partial charge in [0.25, 0.3) is 5.91 Å². The van der Waals surface area contributed by atoms with E-state index in [0.29, 0.717) is 19.3 Å². The number of hydrogen-bond acceptors (Lipinski definition) is 7. The summed E-state index contributed by atoms with van der Waals surface area (Å²) in [4.78, 5) is 42.7. The van der Waals surface area contributed by atoms with Crippen molar-refractivity contribution in [2.45, 2.75) is 56.5 Å². The van der Waals surface area contributed by atoms with Gasteiger partial charge in [-0.3, -0.25) is 14.4 Å². The van der Waals surface area contributed by atoms with Gasteiger partial charge in [0, 0.05) is 18.3 Å². The Hall–Kier alpha value is -2.63. The van der Waals surface area contributed by atoms with Gasteiger partial charge in [-0.15, -0.1) is 11.3 Å². The third-order valence-electron chi connectivity index (χ3n) is 5.29. The van der Waals surface area contributed by atoms with E-state index in [1.807, 2.05) is 5.38 Å². The van der Waals surface area contributed by atoms with Crippen molar-refractivity contribution in [1.29, 1.82) is 0 Å². The summed E-state index contributed by atoms with van der Waals surface area (Å²) < 4.78 is 27.9. The average Bonchev–Trinajstić information content (AvgIpc) is 3.23. The summed E-state index contributed by atoms with van der Waals surface area (Å²) >= 11 is 1.53. The number of aromatic nitrogens is 1. The van der Waals surface area contributed by atoms with Crippen LogP contribution >= 0.6 is 11.3 Å². The first-order valence-corrected chi connectivity index (χ1v) is 13.2. The number of carbonyl (C=O) groups is 3. The molecule has 11 heteroatoms. The number of rotatable bonds is 6. The standard InChI is InChI=1S/C22H28N4O5S2/c1-14(2)19(26-33(30,31)16-7-4-3-5-8-16)21(28)25-17-9-6-10-18-24-15(13-32-18)11-12-23-22(29)20(17)27/h3-5,7-8,13-14,17,19,26H,6,9-12H2,1-2H3,(H,23,29)(H,25,28). The molecule has 178 valence electrons. The molecule has 2 bridgehead atoms. The van der Waals surface area contributed by atoms with Gasteiger partial charge in [-0.1, -0.05) is 32.0 Å². The lowest BCUT2D eigenvalue weighted by molar-refractivity contribution is -0.140. The van der Waals surface area contributed by atoms with Crippen molar-refractivity contribution in [2.24, 2.45) is 5.92 Å². The number of sulfonamides is 1. The van der Waals surface area contributed by atoms with E-state index in [9.17, 15) is 22.8 Å². The third kappa shape index (κ3) is 6.68. The molecular weight excluding hydrogens is 464 g/mol. The number of thiazole rings is 1. The average molecular weight is 493 g/mol. The van der Waals surface area contributed by atoms with Gasteiger partial charge in [0.1, 0.15) is 6.04 Å². The molecule has 2 amide bonds. The molecule has 2 unspecified atom stereocenters. The van der Waals surface area contributed by atoms with Crippen molar-refractivity contribution in [3.05, 3.63) is 46.4 Å². The minimum absolute atomic E-state index is 0.0349. The Balaban J connectivity index is 1.75. The summed E-state index contributed by atoms with van der Waals surface area (Å²) in [6.07, 6.45) is 1.92. The number of nitrogens with zero attached hydrogens (tertiary/aromatic N) is 1. The lowest BCUT2D eigenvalue weighted by Gasteiger charge is -2.25. The highest BCUT2D eigenvalue weighted by atomic mass is 32.2. The predicted molar refractivity (Wildman–Crippen MR) is 124 cm³/mol. The van der Waals surface area contributed by atoms with Gasteiger partial charge in [0.2, 0.25) is 21.7 Å². The molecule has 0 radical (unpaired) electrons. The van der Waals surface area contributed by atoms with Crippen LogP contribution in [0.4, 0.5) is 0 Å². The Morgan fingerprint density at radius 3 is 2.61 bits per heavy atom. The van der Waals surface area contributed by atoms with E-state index in [4.69, 9.17) is 0 Å². The van der Waals surface area contributed by atoms with Crippen LogP contribution in [-0.4, -0.2) is 49.6 Å². The second-order valence-electron chi connectivity index (χ2n) is 8.21. The van der Waals surface area contributed by atoms with E-state index in [0.717, 1.165) is 10.7 Å². The van der Waals surface area contributed by atoms with Crippen LogP contribution in [0.1, 0.15) is 37.4 Å². The molecule has 9 nitrogen and oxygen atoms in total. The number of fused-ring (bicyclic) bond motifs is 2. The first-order chi connectivity index (χ1) is 15.7. The number of ketones is 1. The largest absolute Gasteiger partial charge is 0.349 e. The SMILES string of the molecule is CC(C)C(NS(=O)(=O)c1ccccc1)C(=O)NC1CCCc2nc(cs2)CCNC(=O)C1=O. The molecule has 1 aromatic carbocycles. The number of nitrogens with one attached hydrogen (secondary N) is 3. The van der Waals surface area contributed by atoms with E-state index in [1.165, 1.54) is 23.5 Å². The first kappa shape index (κ1) is 25.0. The maximum atomic E-state index is 13.1. The van der Waals surface area contributed by atoms with Crippen LogP contribution in [0.5, 0.6) is 0 Å². The van der Waals surface area contributed by atoms with Crippen LogP contribution in [0.15, 0.2) is 40.6 Å². The molecule has 0 saturated carbocycles. The molecule has 3 rings (SSSR count). The molecular formula is C22H28N4O5S2. The van der Waals surface area contributed by atoms with Crippen molar-refractivity contribution >= 4 is 39.0 Å². The van der Waals surface area contributed by atoms with Gasteiger partial charge < -0.3 is 10.6 Å². The highest BCUT2D eigenvalue weighted by Crippen LogP contribution is 2.16. The second kappa shape index (κ2) is 11.0. The fourth-order valence-corrected chi connectivity index (χ4v) is 5.68. The van der Waals surface area contributed by atoms with Crippen LogP contribution in [0.3, 0.4) is 0 Å². The minimum atomic E-state index is -3.95. The van der Waals surface area contributed by atoms with Crippen LogP contribution in [0, 0.1) is 5.92 Å². The van der Waals surface area contributed by atoms with Crippen molar-refractivity contribution in [2.75, 3.05) is 6.54 Å². The van der Waals surface area contributed by atoms with E-state index in [-0.39, 0.29) is 17.9 Å². The Morgan fingerprint density at radius 1 is 1.18 bits per heavy atom. The highest BCUT2D eigenvalue weighted by molar-refractivity contribution is 7.89. The smallest absolute Gasteiger partial charge is 0.289 e. The number of benzene rings is 1. The Morgan fingerprint density at radius 2 is 1.91 bits per heavy atom. The number of aryl methyl sites for hydroxylation is 1. The summed E-state index contributed by atoms with van der Waals surface area (Å²) in [6.45, 7) is 3.67. The molecule has 1 aliphatic heterocycles. The number of Topliss-reactive ketones (excluding diaryl/α,β-unsaturated/α-hetero) is 1. The molecule has 33 heavy (non-hydrogen) atoms. The second-order valence-corrected chi connectivity index (χ2v) is 10.9. The molecule has 1 aliphatic rings. The summed E-state index contributed by atoms with van der Waals surface area (Å²) in [5.74, 6) is -2.57. The molecule has 1 aromatic heterocycles.